The predicted molar refractivity (Wildman–Crippen MR) is 66.8 cm³/mol. The van der Waals surface area contributed by atoms with Crippen molar-refractivity contribution in [3.05, 3.63) is 35.5 Å². The topological polar surface area (TPSA) is 55.9 Å². The number of anilines is 3. The maximum atomic E-state index is 5.94. The van der Waals surface area contributed by atoms with E-state index in [4.69, 9.17) is 5.73 Å². The fraction of sp³-hybridized carbons (Fsp3) is 0.250. The van der Waals surface area contributed by atoms with Crippen molar-refractivity contribution in [2.24, 2.45) is 7.05 Å². The number of benzene rings is 1. The molecule has 0 saturated heterocycles. The van der Waals surface area contributed by atoms with Gasteiger partial charge in [-0.15, -0.1) is 0 Å². The summed E-state index contributed by atoms with van der Waals surface area (Å²) in [5.74, 6) is 0.836. The highest BCUT2D eigenvalue weighted by Crippen LogP contribution is 2.25. The molecule has 2 rings (SSSR count). The van der Waals surface area contributed by atoms with Gasteiger partial charge in [-0.25, -0.2) is 0 Å². The molecule has 16 heavy (non-hydrogen) atoms. The van der Waals surface area contributed by atoms with E-state index in [0.717, 1.165) is 17.2 Å². The Balaban J connectivity index is 2.34. The minimum atomic E-state index is 0.698. The standard InChI is InChI=1S/C12H16N4/c1-8-5-4-6-10(7-8)14-12-11(13)9(2)15-16(12)3/h4-7,14H,13H2,1-3H3. The van der Waals surface area contributed by atoms with Crippen LogP contribution in [0.4, 0.5) is 17.2 Å². The Kier molecular flexibility index (Phi) is 2.56. The minimum Gasteiger partial charge on any atom is -0.394 e. The molecule has 0 saturated carbocycles. The molecule has 0 unspecified atom stereocenters. The first kappa shape index (κ1) is 10.5. The highest BCUT2D eigenvalue weighted by molar-refractivity contribution is 5.71. The van der Waals surface area contributed by atoms with Gasteiger partial charge >= 0.3 is 0 Å². The van der Waals surface area contributed by atoms with Crippen molar-refractivity contribution in [3.63, 3.8) is 0 Å². The summed E-state index contributed by atoms with van der Waals surface area (Å²) in [4.78, 5) is 0. The van der Waals surface area contributed by atoms with Crippen LogP contribution in [0.25, 0.3) is 0 Å². The zero-order chi connectivity index (χ0) is 11.7. The van der Waals surface area contributed by atoms with Crippen LogP contribution >= 0.6 is 0 Å². The fourth-order valence-corrected chi connectivity index (χ4v) is 1.68. The summed E-state index contributed by atoms with van der Waals surface area (Å²) in [7, 11) is 1.88. The fourth-order valence-electron chi connectivity index (χ4n) is 1.68. The van der Waals surface area contributed by atoms with Crippen molar-refractivity contribution in [3.8, 4) is 0 Å². The molecule has 0 atom stereocenters. The Labute approximate surface area is 95.1 Å². The molecule has 0 amide bonds. The van der Waals surface area contributed by atoms with Crippen molar-refractivity contribution in [1.29, 1.82) is 0 Å². The van der Waals surface area contributed by atoms with E-state index in [2.05, 4.69) is 29.5 Å². The number of nitrogen functional groups attached to an aromatic ring is 1. The van der Waals surface area contributed by atoms with Crippen LogP contribution in [0.2, 0.25) is 0 Å². The maximum Gasteiger partial charge on any atom is 0.152 e. The Morgan fingerprint density at radius 3 is 2.62 bits per heavy atom. The monoisotopic (exact) mass is 216 g/mol. The SMILES string of the molecule is Cc1cccc(Nc2c(N)c(C)nn2C)c1. The molecular weight excluding hydrogens is 200 g/mol. The number of aryl methyl sites for hydroxylation is 3. The van der Waals surface area contributed by atoms with Gasteiger partial charge in [-0.2, -0.15) is 5.10 Å². The summed E-state index contributed by atoms with van der Waals surface area (Å²) < 4.78 is 1.76. The summed E-state index contributed by atoms with van der Waals surface area (Å²) in [6.45, 7) is 3.96. The van der Waals surface area contributed by atoms with E-state index in [9.17, 15) is 0 Å². The average Bonchev–Trinajstić information content (AvgIpc) is 2.45. The third-order valence-electron chi connectivity index (χ3n) is 2.55. The van der Waals surface area contributed by atoms with Crippen molar-refractivity contribution in [2.75, 3.05) is 11.1 Å². The zero-order valence-electron chi connectivity index (χ0n) is 9.78. The van der Waals surface area contributed by atoms with Crippen molar-refractivity contribution in [1.82, 2.24) is 9.78 Å². The van der Waals surface area contributed by atoms with Crippen LogP contribution in [-0.2, 0) is 7.05 Å². The molecule has 0 aliphatic rings. The first-order chi connectivity index (χ1) is 7.58. The van der Waals surface area contributed by atoms with E-state index in [1.807, 2.05) is 26.1 Å². The average molecular weight is 216 g/mol. The molecule has 84 valence electrons. The molecule has 4 nitrogen and oxygen atoms in total. The van der Waals surface area contributed by atoms with E-state index < -0.39 is 0 Å². The number of hydrogen-bond donors (Lipinski definition) is 2. The summed E-state index contributed by atoms with van der Waals surface area (Å²) >= 11 is 0. The zero-order valence-corrected chi connectivity index (χ0v) is 9.78. The lowest BCUT2D eigenvalue weighted by molar-refractivity contribution is 0.765. The summed E-state index contributed by atoms with van der Waals surface area (Å²) in [5.41, 5.74) is 9.72. The first-order valence-electron chi connectivity index (χ1n) is 5.20. The van der Waals surface area contributed by atoms with Crippen LogP contribution in [0.3, 0.4) is 0 Å². The Morgan fingerprint density at radius 1 is 1.31 bits per heavy atom. The molecule has 0 bridgehead atoms. The summed E-state index contributed by atoms with van der Waals surface area (Å²) in [6.07, 6.45) is 0. The van der Waals surface area contributed by atoms with Crippen LogP contribution < -0.4 is 11.1 Å². The third kappa shape index (κ3) is 1.86. The number of aromatic nitrogens is 2. The molecule has 3 N–H and O–H groups in total. The molecule has 1 aromatic heterocycles. The molecule has 0 aliphatic heterocycles. The predicted octanol–water partition coefficient (Wildman–Crippen LogP) is 2.36. The number of rotatable bonds is 2. The van der Waals surface area contributed by atoms with Gasteiger partial charge in [0.2, 0.25) is 0 Å². The van der Waals surface area contributed by atoms with Crippen LogP contribution in [-0.4, -0.2) is 9.78 Å². The van der Waals surface area contributed by atoms with Gasteiger partial charge in [0.1, 0.15) is 0 Å². The maximum absolute atomic E-state index is 5.94. The number of nitrogens with zero attached hydrogens (tertiary/aromatic N) is 2. The molecule has 0 radical (unpaired) electrons. The third-order valence-corrected chi connectivity index (χ3v) is 2.55. The first-order valence-corrected chi connectivity index (χ1v) is 5.20. The Bertz CT molecular complexity index is 514. The quantitative estimate of drug-likeness (QED) is 0.810. The van der Waals surface area contributed by atoms with Crippen LogP contribution in [0.5, 0.6) is 0 Å². The lowest BCUT2D eigenvalue weighted by atomic mass is 10.2. The van der Waals surface area contributed by atoms with Crippen LogP contribution in [0.15, 0.2) is 24.3 Å². The van der Waals surface area contributed by atoms with Crippen LogP contribution in [0, 0.1) is 13.8 Å². The van der Waals surface area contributed by atoms with Gasteiger partial charge in [0.15, 0.2) is 5.82 Å². The molecule has 1 aromatic carbocycles. The van der Waals surface area contributed by atoms with E-state index in [0.29, 0.717) is 5.69 Å². The van der Waals surface area contributed by atoms with Gasteiger partial charge in [0.25, 0.3) is 0 Å². The highest BCUT2D eigenvalue weighted by Gasteiger charge is 2.09. The second-order valence-electron chi connectivity index (χ2n) is 3.97. The molecule has 0 fully saturated rings. The van der Waals surface area contributed by atoms with Gasteiger partial charge in [-0.1, -0.05) is 12.1 Å². The largest absolute Gasteiger partial charge is 0.394 e. The van der Waals surface area contributed by atoms with E-state index in [-0.39, 0.29) is 0 Å². The smallest absolute Gasteiger partial charge is 0.152 e. The molecule has 2 aromatic rings. The summed E-state index contributed by atoms with van der Waals surface area (Å²) in [6, 6.07) is 8.15. The summed E-state index contributed by atoms with van der Waals surface area (Å²) in [5, 5.41) is 7.54. The van der Waals surface area contributed by atoms with Gasteiger partial charge < -0.3 is 11.1 Å². The molecule has 4 heteroatoms. The van der Waals surface area contributed by atoms with Gasteiger partial charge in [-0.05, 0) is 31.5 Å². The van der Waals surface area contributed by atoms with Crippen molar-refractivity contribution < 1.29 is 0 Å². The molecule has 0 spiro atoms. The second kappa shape index (κ2) is 3.89. The van der Waals surface area contributed by atoms with Gasteiger partial charge in [0, 0.05) is 12.7 Å². The van der Waals surface area contributed by atoms with Crippen molar-refractivity contribution in [2.45, 2.75) is 13.8 Å². The number of nitrogens with two attached hydrogens (primary N) is 1. The molecule has 1 heterocycles. The lowest BCUT2D eigenvalue weighted by Gasteiger charge is -2.08. The van der Waals surface area contributed by atoms with E-state index in [1.165, 1.54) is 5.56 Å². The highest BCUT2D eigenvalue weighted by atomic mass is 15.3. The van der Waals surface area contributed by atoms with Crippen LogP contribution in [0.1, 0.15) is 11.3 Å². The molecule has 0 aliphatic carbocycles. The second-order valence-corrected chi connectivity index (χ2v) is 3.97. The number of nitrogens with one attached hydrogen (secondary N) is 1. The Morgan fingerprint density at radius 2 is 2.06 bits per heavy atom. The van der Waals surface area contributed by atoms with E-state index in [1.54, 1.807) is 4.68 Å². The van der Waals surface area contributed by atoms with Gasteiger partial charge in [0.05, 0.1) is 11.4 Å². The normalized spacial score (nSPS) is 10.4. The number of hydrogen-bond acceptors (Lipinski definition) is 3. The van der Waals surface area contributed by atoms with E-state index >= 15 is 0 Å². The Hall–Kier alpha value is -1.97. The lowest BCUT2D eigenvalue weighted by Crippen LogP contribution is -2.01. The van der Waals surface area contributed by atoms with Gasteiger partial charge in [-0.3, -0.25) is 4.68 Å². The minimum absolute atomic E-state index is 0.698. The van der Waals surface area contributed by atoms with Crippen molar-refractivity contribution >= 4 is 17.2 Å². The molecular formula is C12H16N4.